The van der Waals surface area contributed by atoms with Gasteiger partial charge >= 0.3 is 12.0 Å². The van der Waals surface area contributed by atoms with Gasteiger partial charge < -0.3 is 15.3 Å². The predicted octanol–water partition coefficient (Wildman–Crippen LogP) is 2.85. The molecule has 2 N–H and O–H groups in total. The molecule has 1 rings (SSSR count). The van der Waals surface area contributed by atoms with Crippen molar-refractivity contribution in [2.75, 3.05) is 6.54 Å². The van der Waals surface area contributed by atoms with E-state index in [9.17, 15) is 14.7 Å². The van der Waals surface area contributed by atoms with Crippen molar-refractivity contribution in [1.82, 2.24) is 10.2 Å². The molecule has 2 amide bonds. The number of nitrogens with one attached hydrogen (secondary N) is 1. The summed E-state index contributed by atoms with van der Waals surface area (Å²) >= 11 is 0. The lowest BCUT2D eigenvalue weighted by atomic mass is 10.0. The van der Waals surface area contributed by atoms with Crippen LogP contribution in [0.25, 0.3) is 0 Å². The molecule has 0 bridgehead atoms. The third kappa shape index (κ3) is 5.39. The summed E-state index contributed by atoms with van der Waals surface area (Å²) in [6.45, 7) is 6.83. The summed E-state index contributed by atoms with van der Waals surface area (Å²) in [6.07, 6.45) is 5.31. The lowest BCUT2D eigenvalue weighted by molar-refractivity contribution is -0.142. The molecular formula is C15H28N2O3. The fourth-order valence-corrected chi connectivity index (χ4v) is 2.56. The molecule has 2 unspecified atom stereocenters. The second-order valence-corrected chi connectivity index (χ2v) is 6.22. The van der Waals surface area contributed by atoms with Crippen molar-refractivity contribution in [3.63, 3.8) is 0 Å². The molecule has 1 aliphatic rings. The highest BCUT2D eigenvalue weighted by molar-refractivity contribution is 5.82. The van der Waals surface area contributed by atoms with Gasteiger partial charge in [-0.05, 0) is 38.5 Å². The number of carbonyl (C=O) groups is 2. The quantitative estimate of drug-likeness (QED) is 0.815. The Bertz CT molecular complexity index is 331. The van der Waals surface area contributed by atoms with Crippen LogP contribution < -0.4 is 5.32 Å². The van der Waals surface area contributed by atoms with Crippen molar-refractivity contribution in [1.29, 1.82) is 0 Å². The van der Waals surface area contributed by atoms with Crippen molar-refractivity contribution < 1.29 is 14.7 Å². The smallest absolute Gasteiger partial charge is 0.326 e. The zero-order chi connectivity index (χ0) is 15.1. The minimum atomic E-state index is -0.892. The summed E-state index contributed by atoms with van der Waals surface area (Å²) in [7, 11) is 0. The van der Waals surface area contributed by atoms with Crippen LogP contribution in [0, 0.1) is 5.92 Å². The maximum absolute atomic E-state index is 12.3. The maximum atomic E-state index is 12.3. The first-order valence-corrected chi connectivity index (χ1v) is 7.71. The molecule has 0 aromatic carbocycles. The first-order valence-electron chi connectivity index (χ1n) is 7.71. The van der Waals surface area contributed by atoms with Gasteiger partial charge in [-0.1, -0.05) is 26.7 Å². The normalized spacial score (nSPS) is 21.4. The summed E-state index contributed by atoms with van der Waals surface area (Å²) in [5.74, 6) is -0.281. The van der Waals surface area contributed by atoms with Crippen molar-refractivity contribution in [3.05, 3.63) is 0 Å². The van der Waals surface area contributed by atoms with E-state index in [1.165, 1.54) is 4.90 Å². The molecule has 0 aromatic heterocycles. The summed E-state index contributed by atoms with van der Waals surface area (Å²) in [6, 6.07) is -0.812. The number of urea groups is 1. The van der Waals surface area contributed by atoms with E-state index in [0.29, 0.717) is 18.9 Å². The van der Waals surface area contributed by atoms with Crippen LogP contribution in [0.2, 0.25) is 0 Å². The highest BCUT2D eigenvalue weighted by atomic mass is 16.4. The van der Waals surface area contributed by atoms with E-state index in [2.05, 4.69) is 19.2 Å². The highest BCUT2D eigenvalue weighted by Gasteiger charge is 2.31. The number of rotatable bonds is 5. The van der Waals surface area contributed by atoms with Crippen LogP contribution in [0.5, 0.6) is 0 Å². The van der Waals surface area contributed by atoms with Crippen LogP contribution in [0.1, 0.15) is 59.3 Å². The lowest BCUT2D eigenvalue weighted by Gasteiger charge is -2.28. The molecule has 5 heteroatoms. The summed E-state index contributed by atoms with van der Waals surface area (Å²) in [5.41, 5.74) is 0. The Balaban J connectivity index is 2.55. The molecule has 1 fully saturated rings. The number of carboxylic acid groups (broad SMARTS) is 1. The van der Waals surface area contributed by atoms with Gasteiger partial charge in [0.05, 0.1) is 0 Å². The summed E-state index contributed by atoms with van der Waals surface area (Å²) in [5, 5.41) is 12.2. The molecule has 1 aliphatic heterocycles. The molecule has 5 nitrogen and oxygen atoms in total. The van der Waals surface area contributed by atoms with E-state index < -0.39 is 12.0 Å². The van der Waals surface area contributed by atoms with Crippen LogP contribution >= 0.6 is 0 Å². The van der Waals surface area contributed by atoms with Gasteiger partial charge in [0.15, 0.2) is 0 Å². The van der Waals surface area contributed by atoms with Crippen molar-refractivity contribution >= 4 is 12.0 Å². The van der Waals surface area contributed by atoms with Crippen molar-refractivity contribution in [3.8, 4) is 0 Å². The Morgan fingerprint density at radius 2 is 1.90 bits per heavy atom. The van der Waals surface area contributed by atoms with Gasteiger partial charge in [-0.2, -0.15) is 0 Å². The van der Waals surface area contributed by atoms with Gasteiger partial charge in [0.1, 0.15) is 6.04 Å². The number of carbonyl (C=O) groups excluding carboxylic acids is 1. The third-order valence-electron chi connectivity index (χ3n) is 3.85. The van der Waals surface area contributed by atoms with Gasteiger partial charge in [-0.15, -0.1) is 0 Å². The average Bonchev–Trinajstić information content (AvgIpc) is 2.61. The van der Waals surface area contributed by atoms with Crippen LogP contribution in [0.15, 0.2) is 0 Å². The first-order chi connectivity index (χ1) is 9.41. The molecule has 20 heavy (non-hydrogen) atoms. The number of aliphatic carboxylic acids is 1. The van der Waals surface area contributed by atoms with Crippen LogP contribution in [0.3, 0.4) is 0 Å². The van der Waals surface area contributed by atoms with Gasteiger partial charge in [0.25, 0.3) is 0 Å². The van der Waals surface area contributed by atoms with Crippen LogP contribution in [0.4, 0.5) is 4.79 Å². The minimum absolute atomic E-state index is 0.0857. The van der Waals surface area contributed by atoms with Crippen molar-refractivity contribution in [2.45, 2.75) is 71.4 Å². The summed E-state index contributed by atoms with van der Waals surface area (Å²) in [4.78, 5) is 25.1. The third-order valence-corrected chi connectivity index (χ3v) is 3.85. The maximum Gasteiger partial charge on any atom is 0.326 e. The zero-order valence-corrected chi connectivity index (χ0v) is 12.9. The van der Waals surface area contributed by atoms with E-state index in [4.69, 9.17) is 0 Å². The lowest BCUT2D eigenvalue weighted by Crippen LogP contribution is -2.51. The standard InChI is InChI=1S/C15H28N2O3/c1-11(2)8-9-12(3)16-15(20)17-10-6-4-5-7-13(17)14(18)19/h11-13H,4-10H2,1-3H3,(H,16,20)(H,18,19). The molecule has 116 valence electrons. The SMILES string of the molecule is CC(C)CCC(C)NC(=O)N1CCCCCC1C(=O)O. The number of likely N-dealkylation sites (tertiary alicyclic amines) is 1. The van der Waals surface area contributed by atoms with Gasteiger partial charge in [0, 0.05) is 12.6 Å². The predicted molar refractivity (Wildman–Crippen MR) is 78.7 cm³/mol. The van der Waals surface area contributed by atoms with E-state index in [0.717, 1.165) is 32.1 Å². The van der Waals surface area contributed by atoms with E-state index in [1.54, 1.807) is 0 Å². The molecule has 0 radical (unpaired) electrons. The molecule has 2 atom stereocenters. The number of amides is 2. The number of hydrogen-bond donors (Lipinski definition) is 2. The summed E-state index contributed by atoms with van der Waals surface area (Å²) < 4.78 is 0. The number of carboxylic acids is 1. The molecule has 0 spiro atoms. The topological polar surface area (TPSA) is 69.6 Å². The second kappa shape index (κ2) is 8.12. The molecule has 1 heterocycles. The van der Waals surface area contributed by atoms with E-state index in [1.807, 2.05) is 6.92 Å². The van der Waals surface area contributed by atoms with Gasteiger partial charge in [-0.25, -0.2) is 9.59 Å². The number of nitrogens with zero attached hydrogens (tertiary/aromatic N) is 1. The first kappa shape index (κ1) is 16.8. The van der Waals surface area contributed by atoms with Crippen LogP contribution in [-0.2, 0) is 4.79 Å². The largest absolute Gasteiger partial charge is 0.480 e. The Kier molecular flexibility index (Phi) is 6.82. The molecule has 0 saturated carbocycles. The fourth-order valence-electron chi connectivity index (χ4n) is 2.56. The van der Waals surface area contributed by atoms with Gasteiger partial charge in [-0.3, -0.25) is 0 Å². The van der Waals surface area contributed by atoms with E-state index >= 15 is 0 Å². The van der Waals surface area contributed by atoms with Gasteiger partial charge in [0.2, 0.25) is 0 Å². The minimum Gasteiger partial charge on any atom is -0.480 e. The van der Waals surface area contributed by atoms with Crippen molar-refractivity contribution in [2.24, 2.45) is 5.92 Å². The van der Waals surface area contributed by atoms with E-state index in [-0.39, 0.29) is 12.1 Å². The van der Waals surface area contributed by atoms with Crippen LogP contribution in [-0.4, -0.2) is 40.6 Å². The Morgan fingerprint density at radius 1 is 1.20 bits per heavy atom. The molecular weight excluding hydrogens is 256 g/mol. The molecule has 1 saturated heterocycles. The fraction of sp³-hybridized carbons (Fsp3) is 0.867. The second-order valence-electron chi connectivity index (χ2n) is 6.22. The average molecular weight is 284 g/mol. The monoisotopic (exact) mass is 284 g/mol. The number of hydrogen-bond acceptors (Lipinski definition) is 2. The Morgan fingerprint density at radius 3 is 2.50 bits per heavy atom. The Labute approximate surface area is 121 Å². The highest BCUT2D eigenvalue weighted by Crippen LogP contribution is 2.17. The Hall–Kier alpha value is -1.26. The molecule has 0 aliphatic carbocycles. The zero-order valence-electron chi connectivity index (χ0n) is 12.9. The molecule has 0 aromatic rings.